The summed E-state index contributed by atoms with van der Waals surface area (Å²) in [7, 11) is 0. The summed E-state index contributed by atoms with van der Waals surface area (Å²) in [4.78, 5) is 0. The second-order valence-corrected chi connectivity index (χ2v) is 4.21. The Morgan fingerprint density at radius 2 is 1.76 bits per heavy atom. The van der Waals surface area contributed by atoms with E-state index in [4.69, 9.17) is 5.73 Å². The first-order valence-corrected chi connectivity index (χ1v) is 5.91. The fraction of sp³-hybridized carbons (Fsp3) is 0.200. The normalized spacial score (nSPS) is 10.2. The minimum atomic E-state index is 0.812. The monoisotopic (exact) mass is 226 g/mol. The maximum absolute atomic E-state index is 6.02. The largest absolute Gasteiger partial charge is 0.397 e. The van der Waals surface area contributed by atoms with E-state index in [2.05, 4.69) is 36.5 Å². The van der Waals surface area contributed by atoms with E-state index >= 15 is 0 Å². The highest BCUT2D eigenvalue weighted by Crippen LogP contribution is 2.25. The van der Waals surface area contributed by atoms with Gasteiger partial charge >= 0.3 is 0 Å². The van der Waals surface area contributed by atoms with Crippen LogP contribution >= 0.6 is 0 Å². The molecule has 0 unspecified atom stereocenters. The number of benzene rings is 2. The van der Waals surface area contributed by atoms with Gasteiger partial charge in [-0.25, -0.2) is 0 Å². The molecule has 0 atom stereocenters. The van der Waals surface area contributed by atoms with Crippen molar-refractivity contribution in [2.24, 2.45) is 0 Å². The summed E-state index contributed by atoms with van der Waals surface area (Å²) in [6.45, 7) is 4.17. The number of aryl methyl sites for hydroxylation is 2. The SMILES string of the molecule is CCc1ccc(Nc2cccc(C)c2N)cc1. The molecule has 2 nitrogen and oxygen atoms in total. The van der Waals surface area contributed by atoms with Gasteiger partial charge < -0.3 is 11.1 Å². The van der Waals surface area contributed by atoms with Crippen LogP contribution in [-0.4, -0.2) is 0 Å². The van der Waals surface area contributed by atoms with Crippen LogP contribution in [0.25, 0.3) is 0 Å². The van der Waals surface area contributed by atoms with Gasteiger partial charge in [0, 0.05) is 5.69 Å². The Labute approximate surface area is 102 Å². The van der Waals surface area contributed by atoms with E-state index in [0.717, 1.165) is 29.0 Å². The predicted octanol–water partition coefficient (Wildman–Crippen LogP) is 3.88. The molecule has 0 saturated carbocycles. The van der Waals surface area contributed by atoms with Crippen LogP contribution in [0.5, 0.6) is 0 Å². The van der Waals surface area contributed by atoms with E-state index in [1.54, 1.807) is 0 Å². The van der Waals surface area contributed by atoms with Crippen LogP contribution < -0.4 is 11.1 Å². The summed E-state index contributed by atoms with van der Waals surface area (Å²) in [5, 5.41) is 3.34. The number of nitrogens with one attached hydrogen (secondary N) is 1. The molecule has 17 heavy (non-hydrogen) atoms. The first-order valence-electron chi connectivity index (χ1n) is 5.91. The zero-order valence-corrected chi connectivity index (χ0v) is 10.3. The van der Waals surface area contributed by atoms with Gasteiger partial charge in [0.05, 0.1) is 11.4 Å². The molecular formula is C15H18N2. The summed E-state index contributed by atoms with van der Waals surface area (Å²) in [6.07, 6.45) is 1.06. The molecule has 2 heteroatoms. The van der Waals surface area contributed by atoms with Gasteiger partial charge in [-0.05, 0) is 42.7 Å². The number of rotatable bonds is 3. The molecule has 0 aliphatic carbocycles. The van der Waals surface area contributed by atoms with Crippen molar-refractivity contribution in [1.82, 2.24) is 0 Å². The predicted molar refractivity (Wildman–Crippen MR) is 74.7 cm³/mol. The number of nitrogen functional groups attached to an aromatic ring is 1. The van der Waals surface area contributed by atoms with Gasteiger partial charge in [0.15, 0.2) is 0 Å². The molecule has 0 spiro atoms. The minimum Gasteiger partial charge on any atom is -0.397 e. The quantitative estimate of drug-likeness (QED) is 0.779. The fourth-order valence-corrected chi connectivity index (χ4v) is 1.77. The third-order valence-electron chi connectivity index (χ3n) is 2.97. The third kappa shape index (κ3) is 2.59. The maximum Gasteiger partial charge on any atom is 0.0620 e. The van der Waals surface area contributed by atoms with Gasteiger partial charge in [0.25, 0.3) is 0 Å². The Hall–Kier alpha value is -1.96. The Kier molecular flexibility index (Phi) is 3.33. The lowest BCUT2D eigenvalue weighted by Gasteiger charge is -2.11. The van der Waals surface area contributed by atoms with Crippen LogP contribution in [0.3, 0.4) is 0 Å². The summed E-state index contributed by atoms with van der Waals surface area (Å²) >= 11 is 0. The molecule has 0 aromatic heterocycles. The van der Waals surface area contributed by atoms with Gasteiger partial charge in [-0.3, -0.25) is 0 Å². The number of hydrogen-bond donors (Lipinski definition) is 2. The first-order chi connectivity index (χ1) is 8.20. The van der Waals surface area contributed by atoms with Crippen LogP contribution in [0, 0.1) is 6.92 Å². The van der Waals surface area contributed by atoms with E-state index in [1.165, 1.54) is 5.56 Å². The Morgan fingerprint density at radius 3 is 2.41 bits per heavy atom. The number of nitrogens with two attached hydrogens (primary N) is 1. The number of hydrogen-bond acceptors (Lipinski definition) is 2. The summed E-state index contributed by atoms with van der Waals surface area (Å²) in [5.41, 5.74) is 11.3. The van der Waals surface area contributed by atoms with Crippen molar-refractivity contribution in [2.45, 2.75) is 20.3 Å². The molecule has 0 bridgehead atoms. The van der Waals surface area contributed by atoms with E-state index in [0.29, 0.717) is 0 Å². The molecule has 0 saturated heterocycles. The zero-order valence-electron chi connectivity index (χ0n) is 10.3. The molecule has 0 heterocycles. The minimum absolute atomic E-state index is 0.812. The molecule has 2 aromatic carbocycles. The second-order valence-electron chi connectivity index (χ2n) is 4.21. The van der Waals surface area contributed by atoms with Gasteiger partial charge in [0.2, 0.25) is 0 Å². The van der Waals surface area contributed by atoms with Crippen molar-refractivity contribution >= 4 is 17.1 Å². The zero-order chi connectivity index (χ0) is 12.3. The second kappa shape index (κ2) is 4.91. The molecule has 3 N–H and O–H groups in total. The van der Waals surface area contributed by atoms with E-state index in [1.807, 2.05) is 25.1 Å². The van der Waals surface area contributed by atoms with E-state index in [9.17, 15) is 0 Å². The molecule has 0 radical (unpaired) electrons. The van der Waals surface area contributed by atoms with Gasteiger partial charge in [-0.2, -0.15) is 0 Å². The Morgan fingerprint density at radius 1 is 1.06 bits per heavy atom. The highest BCUT2D eigenvalue weighted by molar-refractivity contribution is 5.74. The van der Waals surface area contributed by atoms with Crippen LogP contribution in [0.4, 0.5) is 17.1 Å². The van der Waals surface area contributed by atoms with Crippen molar-refractivity contribution in [3.63, 3.8) is 0 Å². The van der Waals surface area contributed by atoms with E-state index < -0.39 is 0 Å². The number of anilines is 3. The van der Waals surface area contributed by atoms with Crippen LogP contribution in [0.15, 0.2) is 42.5 Å². The van der Waals surface area contributed by atoms with Gasteiger partial charge in [0.1, 0.15) is 0 Å². The van der Waals surface area contributed by atoms with Gasteiger partial charge in [-0.15, -0.1) is 0 Å². The lowest BCUT2D eigenvalue weighted by atomic mass is 10.1. The van der Waals surface area contributed by atoms with Gasteiger partial charge in [-0.1, -0.05) is 31.2 Å². The van der Waals surface area contributed by atoms with Crippen molar-refractivity contribution in [2.75, 3.05) is 11.1 Å². The standard InChI is InChI=1S/C15H18N2/c1-3-12-7-9-13(10-8-12)17-14-6-4-5-11(2)15(14)16/h4-10,17H,3,16H2,1-2H3. The van der Waals surface area contributed by atoms with Crippen LogP contribution in [-0.2, 0) is 6.42 Å². The molecule has 0 aliphatic heterocycles. The van der Waals surface area contributed by atoms with Crippen molar-refractivity contribution < 1.29 is 0 Å². The van der Waals surface area contributed by atoms with Crippen LogP contribution in [0.2, 0.25) is 0 Å². The summed E-state index contributed by atoms with van der Waals surface area (Å²) < 4.78 is 0. The first kappa shape index (κ1) is 11.5. The Balaban J connectivity index is 2.22. The topological polar surface area (TPSA) is 38.0 Å². The van der Waals surface area contributed by atoms with E-state index in [-0.39, 0.29) is 0 Å². The maximum atomic E-state index is 6.02. The van der Waals surface area contributed by atoms with Crippen molar-refractivity contribution in [1.29, 1.82) is 0 Å². The molecule has 0 aliphatic rings. The highest BCUT2D eigenvalue weighted by atomic mass is 14.9. The third-order valence-corrected chi connectivity index (χ3v) is 2.97. The molecule has 2 aromatic rings. The lowest BCUT2D eigenvalue weighted by Crippen LogP contribution is -1.98. The Bertz CT molecular complexity index is 501. The summed E-state index contributed by atoms with van der Waals surface area (Å²) in [6, 6.07) is 14.5. The molecular weight excluding hydrogens is 208 g/mol. The molecule has 0 fully saturated rings. The highest BCUT2D eigenvalue weighted by Gasteiger charge is 2.01. The lowest BCUT2D eigenvalue weighted by molar-refractivity contribution is 1.14. The molecule has 88 valence electrons. The smallest absolute Gasteiger partial charge is 0.0620 e. The van der Waals surface area contributed by atoms with Crippen LogP contribution in [0.1, 0.15) is 18.1 Å². The van der Waals surface area contributed by atoms with Crippen molar-refractivity contribution in [3.05, 3.63) is 53.6 Å². The average Bonchev–Trinajstić information content (AvgIpc) is 2.36. The van der Waals surface area contributed by atoms with Crippen molar-refractivity contribution in [3.8, 4) is 0 Å². The average molecular weight is 226 g/mol. The fourth-order valence-electron chi connectivity index (χ4n) is 1.77. The molecule has 0 amide bonds. The number of para-hydroxylation sites is 1. The summed E-state index contributed by atoms with van der Waals surface area (Å²) in [5.74, 6) is 0. The molecule has 2 rings (SSSR count).